The molecule has 0 spiro atoms. The number of benzene rings is 1. The molecule has 1 aromatic carbocycles. The Morgan fingerprint density at radius 1 is 1.30 bits per heavy atom. The van der Waals surface area contributed by atoms with Crippen LogP contribution < -0.4 is 5.32 Å². The molecular formula is C15H17NO3S. The molecule has 0 bridgehead atoms. The number of fused-ring (bicyclic) bond motifs is 1. The Labute approximate surface area is 121 Å². The van der Waals surface area contributed by atoms with Gasteiger partial charge in [-0.2, -0.15) is 0 Å². The number of rotatable bonds is 5. The van der Waals surface area contributed by atoms with E-state index in [2.05, 4.69) is 5.32 Å². The van der Waals surface area contributed by atoms with Gasteiger partial charge < -0.3 is 10.4 Å². The van der Waals surface area contributed by atoms with Gasteiger partial charge >= 0.3 is 5.97 Å². The van der Waals surface area contributed by atoms with Crippen molar-refractivity contribution in [1.82, 2.24) is 5.32 Å². The Kier molecular flexibility index (Phi) is 4.39. The molecule has 106 valence electrons. The minimum absolute atomic E-state index is 0.143. The van der Waals surface area contributed by atoms with Gasteiger partial charge in [-0.3, -0.25) is 4.79 Å². The van der Waals surface area contributed by atoms with Gasteiger partial charge in [-0.1, -0.05) is 32.0 Å². The Morgan fingerprint density at radius 2 is 2.00 bits per heavy atom. The van der Waals surface area contributed by atoms with Crippen LogP contribution in [0.25, 0.3) is 10.1 Å². The number of carboxylic acid groups (broad SMARTS) is 1. The molecule has 0 radical (unpaired) electrons. The summed E-state index contributed by atoms with van der Waals surface area (Å²) in [7, 11) is 0. The maximum atomic E-state index is 12.0. The zero-order valence-electron chi connectivity index (χ0n) is 11.4. The van der Waals surface area contributed by atoms with Crippen molar-refractivity contribution in [3.63, 3.8) is 0 Å². The summed E-state index contributed by atoms with van der Waals surface area (Å²) in [4.78, 5) is 23.1. The standard InChI is InChI=1S/C15H17NO3S/c1-9(2)14(15(18)19)16-13(17)7-10-8-20-12-6-4-3-5-11(10)12/h3-6,8-9,14H,7H2,1-2H3,(H,16,17)(H,18,19). The monoisotopic (exact) mass is 291 g/mol. The van der Waals surface area contributed by atoms with Crippen LogP contribution in [0.3, 0.4) is 0 Å². The van der Waals surface area contributed by atoms with Gasteiger partial charge in [-0.05, 0) is 28.3 Å². The average Bonchev–Trinajstić information content (AvgIpc) is 2.79. The minimum Gasteiger partial charge on any atom is -0.480 e. The Hall–Kier alpha value is -1.88. The van der Waals surface area contributed by atoms with Crippen LogP contribution in [0.1, 0.15) is 19.4 Å². The quantitative estimate of drug-likeness (QED) is 0.890. The SMILES string of the molecule is CC(C)C(NC(=O)Cc1csc2ccccc12)C(=O)O. The van der Waals surface area contributed by atoms with Crippen molar-refractivity contribution in [3.8, 4) is 0 Å². The van der Waals surface area contributed by atoms with Gasteiger partial charge in [0, 0.05) is 4.70 Å². The summed E-state index contributed by atoms with van der Waals surface area (Å²) in [5, 5.41) is 14.7. The molecule has 1 amide bonds. The molecule has 2 aromatic rings. The zero-order chi connectivity index (χ0) is 14.7. The molecule has 2 N–H and O–H groups in total. The first-order chi connectivity index (χ1) is 9.49. The van der Waals surface area contributed by atoms with Crippen molar-refractivity contribution in [1.29, 1.82) is 0 Å². The van der Waals surface area contributed by atoms with Crippen LogP contribution in [0.5, 0.6) is 0 Å². The summed E-state index contributed by atoms with van der Waals surface area (Å²) >= 11 is 1.59. The molecule has 2 rings (SSSR count). The highest BCUT2D eigenvalue weighted by Gasteiger charge is 2.23. The number of thiophene rings is 1. The van der Waals surface area contributed by atoms with E-state index in [1.807, 2.05) is 29.6 Å². The van der Waals surface area contributed by atoms with Crippen molar-refractivity contribution < 1.29 is 14.7 Å². The van der Waals surface area contributed by atoms with E-state index in [-0.39, 0.29) is 18.2 Å². The van der Waals surface area contributed by atoms with Crippen LogP contribution in [-0.4, -0.2) is 23.0 Å². The second-order valence-corrected chi connectivity index (χ2v) is 5.97. The lowest BCUT2D eigenvalue weighted by atomic mass is 10.0. The lowest BCUT2D eigenvalue weighted by Crippen LogP contribution is -2.44. The highest BCUT2D eigenvalue weighted by atomic mass is 32.1. The molecule has 0 aliphatic carbocycles. The maximum absolute atomic E-state index is 12.0. The average molecular weight is 291 g/mol. The third kappa shape index (κ3) is 3.17. The lowest BCUT2D eigenvalue weighted by molar-refractivity contribution is -0.143. The molecule has 0 aliphatic rings. The number of carbonyl (C=O) groups is 2. The van der Waals surface area contributed by atoms with Crippen LogP contribution in [0.2, 0.25) is 0 Å². The van der Waals surface area contributed by atoms with Crippen molar-refractivity contribution in [2.75, 3.05) is 0 Å². The number of hydrogen-bond donors (Lipinski definition) is 2. The van der Waals surface area contributed by atoms with E-state index < -0.39 is 12.0 Å². The number of nitrogens with one attached hydrogen (secondary N) is 1. The van der Waals surface area contributed by atoms with Gasteiger partial charge in [0.1, 0.15) is 6.04 Å². The largest absolute Gasteiger partial charge is 0.480 e. The molecule has 5 heteroatoms. The molecule has 1 aromatic heterocycles. The Morgan fingerprint density at radius 3 is 2.65 bits per heavy atom. The van der Waals surface area contributed by atoms with E-state index in [4.69, 9.17) is 5.11 Å². The first kappa shape index (κ1) is 14.5. The molecule has 0 fully saturated rings. The first-order valence-electron chi connectivity index (χ1n) is 6.46. The summed E-state index contributed by atoms with van der Waals surface area (Å²) in [5.41, 5.74) is 0.941. The third-order valence-corrected chi connectivity index (χ3v) is 4.17. The van der Waals surface area contributed by atoms with Crippen molar-refractivity contribution >= 4 is 33.3 Å². The number of hydrogen-bond acceptors (Lipinski definition) is 3. The summed E-state index contributed by atoms with van der Waals surface area (Å²) in [6.45, 7) is 3.55. The fourth-order valence-electron chi connectivity index (χ4n) is 2.08. The van der Waals surface area contributed by atoms with E-state index in [1.54, 1.807) is 25.2 Å². The van der Waals surface area contributed by atoms with Crippen molar-refractivity contribution in [3.05, 3.63) is 35.2 Å². The third-order valence-electron chi connectivity index (χ3n) is 3.16. The molecule has 0 saturated heterocycles. The lowest BCUT2D eigenvalue weighted by Gasteiger charge is -2.17. The molecular weight excluding hydrogens is 274 g/mol. The Balaban J connectivity index is 2.10. The van der Waals surface area contributed by atoms with Gasteiger partial charge in [-0.25, -0.2) is 4.79 Å². The second-order valence-electron chi connectivity index (χ2n) is 5.06. The first-order valence-corrected chi connectivity index (χ1v) is 7.34. The number of amides is 1. The van der Waals surface area contributed by atoms with Crippen LogP contribution >= 0.6 is 11.3 Å². The van der Waals surface area contributed by atoms with Gasteiger partial charge in [0.05, 0.1) is 6.42 Å². The van der Waals surface area contributed by atoms with Gasteiger partial charge in [0.2, 0.25) is 5.91 Å². The summed E-state index contributed by atoms with van der Waals surface area (Å²) in [6.07, 6.45) is 0.209. The number of carbonyl (C=O) groups excluding carboxylic acids is 1. The fourth-order valence-corrected chi connectivity index (χ4v) is 3.04. The van der Waals surface area contributed by atoms with E-state index in [0.717, 1.165) is 15.6 Å². The second kappa shape index (κ2) is 6.05. The predicted octanol–water partition coefficient (Wildman–Crippen LogP) is 2.67. The molecule has 0 aliphatic heterocycles. The van der Waals surface area contributed by atoms with E-state index in [9.17, 15) is 9.59 Å². The molecule has 20 heavy (non-hydrogen) atoms. The molecule has 0 saturated carbocycles. The van der Waals surface area contributed by atoms with Crippen LogP contribution in [0.4, 0.5) is 0 Å². The molecule has 1 heterocycles. The van der Waals surface area contributed by atoms with Crippen molar-refractivity contribution in [2.45, 2.75) is 26.3 Å². The van der Waals surface area contributed by atoms with Crippen molar-refractivity contribution in [2.24, 2.45) is 5.92 Å². The van der Waals surface area contributed by atoms with Gasteiger partial charge in [-0.15, -0.1) is 11.3 Å². The fraction of sp³-hybridized carbons (Fsp3) is 0.333. The normalized spacial score (nSPS) is 12.6. The minimum atomic E-state index is -0.997. The Bertz CT molecular complexity index is 633. The number of aliphatic carboxylic acids is 1. The van der Waals surface area contributed by atoms with E-state index >= 15 is 0 Å². The van der Waals surface area contributed by atoms with E-state index in [0.29, 0.717) is 0 Å². The summed E-state index contributed by atoms with van der Waals surface area (Å²) < 4.78 is 1.13. The zero-order valence-corrected chi connectivity index (χ0v) is 12.2. The molecule has 1 unspecified atom stereocenters. The van der Waals surface area contributed by atoms with Gasteiger partial charge in [0.15, 0.2) is 0 Å². The predicted molar refractivity (Wildman–Crippen MR) is 79.9 cm³/mol. The highest BCUT2D eigenvalue weighted by Crippen LogP contribution is 2.25. The number of carboxylic acids is 1. The molecule has 4 nitrogen and oxygen atoms in total. The van der Waals surface area contributed by atoms with E-state index in [1.165, 1.54) is 0 Å². The summed E-state index contributed by atoms with van der Waals surface area (Å²) in [5.74, 6) is -1.39. The van der Waals surface area contributed by atoms with Gasteiger partial charge in [0.25, 0.3) is 0 Å². The molecule has 1 atom stereocenters. The highest BCUT2D eigenvalue weighted by molar-refractivity contribution is 7.17. The smallest absolute Gasteiger partial charge is 0.326 e. The van der Waals surface area contributed by atoms with Crippen LogP contribution in [0, 0.1) is 5.92 Å². The van der Waals surface area contributed by atoms with Crippen LogP contribution in [-0.2, 0) is 16.0 Å². The topological polar surface area (TPSA) is 66.4 Å². The summed E-state index contributed by atoms with van der Waals surface area (Å²) in [6, 6.07) is 7.04. The van der Waals surface area contributed by atoms with Crippen LogP contribution in [0.15, 0.2) is 29.6 Å². The maximum Gasteiger partial charge on any atom is 0.326 e.